The molecule has 4 nitrogen and oxygen atoms in total. The van der Waals surface area contributed by atoms with E-state index in [9.17, 15) is 10.1 Å². The number of aryl methyl sites for hydroxylation is 1. The molecule has 2 rings (SSSR count). The molecular weight excluding hydrogens is 312 g/mol. The minimum atomic E-state index is -0.270. The van der Waals surface area contributed by atoms with Gasteiger partial charge in [-0.2, -0.15) is 5.26 Å². The molecule has 4 heteroatoms. The maximum Gasteiger partial charge on any atom is 0.262 e. The van der Waals surface area contributed by atoms with Crippen molar-refractivity contribution >= 4 is 12.0 Å². The van der Waals surface area contributed by atoms with Gasteiger partial charge in [0.05, 0.1) is 6.61 Å². The number of carbonyl (C=O) groups is 1. The molecule has 1 aliphatic carbocycles. The van der Waals surface area contributed by atoms with E-state index in [1.54, 1.807) is 6.08 Å². The largest absolute Gasteiger partial charge is 0.494 e. The van der Waals surface area contributed by atoms with Crippen LogP contribution in [0.1, 0.15) is 69.1 Å². The molecule has 1 aromatic carbocycles. The third kappa shape index (κ3) is 4.85. The lowest BCUT2D eigenvalue weighted by Crippen LogP contribution is -2.33. The van der Waals surface area contributed by atoms with Gasteiger partial charge in [-0.1, -0.05) is 26.7 Å². The molecule has 134 valence electrons. The second-order valence-corrected chi connectivity index (χ2v) is 6.96. The minimum absolute atomic E-state index is 0.161. The van der Waals surface area contributed by atoms with Crippen LogP contribution in [0, 0.1) is 18.3 Å². The highest BCUT2D eigenvalue weighted by Gasteiger charge is 2.20. The maximum absolute atomic E-state index is 12.4. The predicted molar refractivity (Wildman–Crippen MR) is 100 cm³/mol. The Kier molecular flexibility index (Phi) is 6.64. The first-order valence-corrected chi connectivity index (χ1v) is 9.16. The summed E-state index contributed by atoms with van der Waals surface area (Å²) in [6, 6.07) is 6.29. The van der Waals surface area contributed by atoms with E-state index in [2.05, 4.69) is 25.2 Å². The molecule has 0 saturated heterocycles. The number of hydrogen-bond acceptors (Lipinski definition) is 3. The van der Waals surface area contributed by atoms with E-state index in [1.165, 1.54) is 0 Å². The third-order valence-corrected chi connectivity index (χ3v) is 4.68. The van der Waals surface area contributed by atoms with Gasteiger partial charge in [0.1, 0.15) is 17.4 Å². The number of amides is 1. The van der Waals surface area contributed by atoms with Crippen LogP contribution in [0.3, 0.4) is 0 Å². The van der Waals surface area contributed by atoms with Crippen molar-refractivity contribution in [3.8, 4) is 11.8 Å². The van der Waals surface area contributed by atoms with E-state index in [0.717, 1.165) is 48.1 Å². The lowest BCUT2D eigenvalue weighted by Gasteiger charge is -2.16. The molecule has 0 atom stereocenters. The van der Waals surface area contributed by atoms with Crippen LogP contribution in [0.25, 0.3) is 6.08 Å². The van der Waals surface area contributed by atoms with E-state index < -0.39 is 0 Å². The Balaban J connectivity index is 2.31. The van der Waals surface area contributed by atoms with Gasteiger partial charge in [0.25, 0.3) is 5.91 Å². The molecule has 1 saturated carbocycles. The van der Waals surface area contributed by atoms with Crippen LogP contribution in [0.15, 0.2) is 17.7 Å². The molecule has 0 radical (unpaired) electrons. The van der Waals surface area contributed by atoms with Crippen LogP contribution in [-0.2, 0) is 4.79 Å². The van der Waals surface area contributed by atoms with Gasteiger partial charge in [0, 0.05) is 6.04 Å². The standard InChI is InChI=1S/C21H28N2O2/c1-5-25-20-10-15(4)16(12-19(20)14(2)3)11-17(13-22)21(24)23-18-8-6-7-9-18/h10-12,14,18H,5-9H2,1-4H3,(H,23,24)/b17-11-. The Hall–Kier alpha value is -2.28. The number of carbonyl (C=O) groups excluding carboxylic acids is 1. The van der Waals surface area contributed by atoms with Gasteiger partial charge >= 0.3 is 0 Å². The molecule has 25 heavy (non-hydrogen) atoms. The average Bonchev–Trinajstić information content (AvgIpc) is 3.07. The van der Waals surface area contributed by atoms with Crippen molar-refractivity contribution in [3.05, 3.63) is 34.4 Å². The van der Waals surface area contributed by atoms with Crippen molar-refractivity contribution in [1.29, 1.82) is 5.26 Å². The summed E-state index contributed by atoms with van der Waals surface area (Å²) < 4.78 is 5.74. The second kappa shape index (κ2) is 8.71. The van der Waals surface area contributed by atoms with E-state index in [4.69, 9.17) is 4.74 Å². The highest BCUT2D eigenvalue weighted by Crippen LogP contribution is 2.31. The first kappa shape index (κ1) is 19.1. The fraction of sp³-hybridized carbons (Fsp3) is 0.524. The molecule has 0 unspecified atom stereocenters. The predicted octanol–water partition coefficient (Wildman–Crippen LogP) is 4.48. The van der Waals surface area contributed by atoms with Crippen molar-refractivity contribution in [2.75, 3.05) is 6.61 Å². The molecule has 1 aliphatic rings. The van der Waals surface area contributed by atoms with Crippen molar-refractivity contribution in [2.45, 2.75) is 65.3 Å². The summed E-state index contributed by atoms with van der Waals surface area (Å²) >= 11 is 0. The van der Waals surface area contributed by atoms with E-state index in [-0.39, 0.29) is 17.5 Å². The van der Waals surface area contributed by atoms with Crippen LogP contribution < -0.4 is 10.1 Å². The van der Waals surface area contributed by atoms with Crippen LogP contribution in [0.4, 0.5) is 0 Å². The van der Waals surface area contributed by atoms with Crippen molar-refractivity contribution in [2.24, 2.45) is 0 Å². The summed E-state index contributed by atoms with van der Waals surface area (Å²) in [6.45, 7) is 8.77. The summed E-state index contributed by atoms with van der Waals surface area (Å²) in [6.07, 6.45) is 5.99. The Morgan fingerprint density at radius 3 is 2.64 bits per heavy atom. The first-order chi connectivity index (χ1) is 12.0. The molecule has 1 aromatic rings. The second-order valence-electron chi connectivity index (χ2n) is 6.96. The Morgan fingerprint density at radius 1 is 1.40 bits per heavy atom. The number of benzene rings is 1. The fourth-order valence-corrected chi connectivity index (χ4v) is 3.24. The summed E-state index contributed by atoms with van der Waals surface area (Å²) in [4.78, 5) is 12.4. The molecule has 0 bridgehead atoms. The molecule has 1 amide bonds. The molecular formula is C21H28N2O2. The van der Waals surface area contributed by atoms with Crippen LogP contribution in [0.2, 0.25) is 0 Å². The Morgan fingerprint density at radius 2 is 2.08 bits per heavy atom. The lowest BCUT2D eigenvalue weighted by molar-refractivity contribution is -0.117. The summed E-state index contributed by atoms with van der Waals surface area (Å²) in [5.41, 5.74) is 3.14. The van der Waals surface area contributed by atoms with Gasteiger partial charge in [-0.05, 0) is 67.5 Å². The van der Waals surface area contributed by atoms with Gasteiger partial charge in [-0.25, -0.2) is 0 Å². The Bertz CT molecular complexity index is 693. The SMILES string of the molecule is CCOc1cc(C)c(/C=C(/C#N)C(=O)NC2CCCC2)cc1C(C)C. The monoisotopic (exact) mass is 340 g/mol. The summed E-state index contributed by atoms with van der Waals surface area (Å²) in [5.74, 6) is 0.905. The molecule has 1 N–H and O–H groups in total. The zero-order valence-corrected chi connectivity index (χ0v) is 15.7. The number of nitrogens with zero attached hydrogens (tertiary/aromatic N) is 1. The lowest BCUT2D eigenvalue weighted by atomic mass is 9.95. The molecule has 0 aromatic heterocycles. The van der Waals surface area contributed by atoms with Crippen molar-refractivity contribution in [1.82, 2.24) is 5.32 Å². The van der Waals surface area contributed by atoms with Gasteiger partial charge in [-0.15, -0.1) is 0 Å². The number of nitriles is 1. The minimum Gasteiger partial charge on any atom is -0.494 e. The topological polar surface area (TPSA) is 62.1 Å². The highest BCUT2D eigenvalue weighted by atomic mass is 16.5. The van der Waals surface area contributed by atoms with Crippen molar-refractivity contribution < 1.29 is 9.53 Å². The van der Waals surface area contributed by atoms with Gasteiger partial charge in [0.2, 0.25) is 0 Å². The normalized spacial score (nSPS) is 15.3. The number of rotatable bonds is 6. The van der Waals surface area contributed by atoms with Gasteiger partial charge in [-0.3, -0.25) is 4.79 Å². The zero-order chi connectivity index (χ0) is 18.4. The maximum atomic E-state index is 12.4. The van der Waals surface area contributed by atoms with Crippen molar-refractivity contribution in [3.63, 3.8) is 0 Å². The van der Waals surface area contributed by atoms with Crippen LogP contribution in [0.5, 0.6) is 5.75 Å². The summed E-state index contributed by atoms with van der Waals surface area (Å²) in [5, 5.41) is 12.4. The third-order valence-electron chi connectivity index (χ3n) is 4.68. The number of hydrogen-bond donors (Lipinski definition) is 1. The van der Waals surface area contributed by atoms with Gasteiger partial charge in [0.15, 0.2) is 0 Å². The fourth-order valence-electron chi connectivity index (χ4n) is 3.24. The molecule has 0 spiro atoms. The number of ether oxygens (including phenoxy) is 1. The van der Waals surface area contributed by atoms with E-state index in [1.807, 2.05) is 26.0 Å². The van der Waals surface area contributed by atoms with E-state index >= 15 is 0 Å². The molecule has 0 heterocycles. The Labute approximate surface area is 150 Å². The highest BCUT2D eigenvalue weighted by molar-refractivity contribution is 6.02. The van der Waals surface area contributed by atoms with E-state index in [0.29, 0.717) is 12.5 Å². The number of nitrogens with one attached hydrogen (secondary N) is 1. The average molecular weight is 340 g/mol. The smallest absolute Gasteiger partial charge is 0.262 e. The quantitative estimate of drug-likeness (QED) is 0.613. The van der Waals surface area contributed by atoms with Gasteiger partial charge < -0.3 is 10.1 Å². The molecule has 1 fully saturated rings. The van der Waals surface area contributed by atoms with Crippen LogP contribution in [-0.4, -0.2) is 18.6 Å². The first-order valence-electron chi connectivity index (χ1n) is 9.16. The summed E-state index contributed by atoms with van der Waals surface area (Å²) in [7, 11) is 0. The van der Waals surface area contributed by atoms with Crippen LogP contribution >= 0.6 is 0 Å². The zero-order valence-electron chi connectivity index (χ0n) is 15.7. The molecule has 0 aliphatic heterocycles.